The molecule has 0 aliphatic rings. The van der Waals surface area contributed by atoms with E-state index < -0.39 is 0 Å². The van der Waals surface area contributed by atoms with Gasteiger partial charge in [0.05, 0.1) is 11.7 Å². The van der Waals surface area contributed by atoms with E-state index in [0.717, 1.165) is 19.4 Å². The quantitative estimate of drug-likeness (QED) is 0.491. The molecule has 0 heterocycles. The molecule has 1 unspecified atom stereocenters. The Morgan fingerprint density at radius 1 is 1.55 bits per heavy atom. The molecule has 0 rings (SSSR count). The first-order valence-corrected chi connectivity index (χ1v) is 4.51. The van der Waals surface area contributed by atoms with Crippen molar-refractivity contribution in [1.82, 2.24) is 0 Å². The zero-order chi connectivity index (χ0) is 8.53. The predicted octanol–water partition coefficient (Wildman–Crippen LogP) is 2.00. The normalized spacial score (nSPS) is 12.2. The molecule has 0 aromatic carbocycles. The van der Waals surface area contributed by atoms with Crippen LogP contribution in [0.4, 0.5) is 0 Å². The molecule has 0 aliphatic carbocycles. The topological polar surface area (TPSA) is 38.4 Å². The smallest absolute Gasteiger partial charge is 0.0584 e. The van der Waals surface area contributed by atoms with Crippen molar-refractivity contribution in [2.45, 2.75) is 38.6 Å². The molecule has 1 atom stereocenters. The van der Waals surface area contributed by atoms with Gasteiger partial charge in [0.25, 0.3) is 0 Å². The Balaban J connectivity index is 3.21. The minimum atomic E-state index is 0.294. The minimum Gasteiger partial charge on any atom is -0.328 e. The van der Waals surface area contributed by atoms with Gasteiger partial charge in [-0.05, 0) is 25.1 Å². The molecule has 2 N–H and O–H groups in total. The average molecular weight is 172 g/mol. The van der Waals surface area contributed by atoms with E-state index in [1.165, 1.54) is 12.8 Å². The molecule has 0 aliphatic heterocycles. The van der Waals surface area contributed by atoms with Gasteiger partial charge in [-0.15, -0.1) is 0 Å². The Bertz CT molecular complexity index is 130. The number of aliphatic imine (C=N–C) groups is 1. The van der Waals surface area contributed by atoms with Gasteiger partial charge in [-0.2, -0.15) is 0 Å². The lowest BCUT2D eigenvalue weighted by Gasteiger charge is -2.07. The number of rotatable bonds is 6. The van der Waals surface area contributed by atoms with E-state index in [9.17, 15) is 0 Å². The molecule has 3 heteroatoms. The molecule has 0 bridgehead atoms. The molecule has 0 radical (unpaired) electrons. The van der Waals surface area contributed by atoms with Crippen LogP contribution in [0.2, 0.25) is 0 Å². The molecular weight excluding hydrogens is 156 g/mol. The second-order valence-corrected chi connectivity index (χ2v) is 2.85. The van der Waals surface area contributed by atoms with Crippen molar-refractivity contribution >= 4 is 17.4 Å². The summed E-state index contributed by atoms with van der Waals surface area (Å²) in [4.78, 5) is 3.80. The van der Waals surface area contributed by atoms with Crippen LogP contribution < -0.4 is 5.73 Å². The molecule has 0 saturated carbocycles. The van der Waals surface area contributed by atoms with Gasteiger partial charge in [-0.25, -0.2) is 4.99 Å². The maximum atomic E-state index is 5.78. The molecule has 0 fully saturated rings. The molecule has 0 amide bonds. The number of nitrogens with two attached hydrogens (primary N) is 1. The van der Waals surface area contributed by atoms with Gasteiger partial charge in [0.2, 0.25) is 0 Å². The molecule has 0 spiro atoms. The fourth-order valence-electron chi connectivity index (χ4n) is 0.887. The van der Waals surface area contributed by atoms with Crippen LogP contribution in [-0.4, -0.2) is 17.7 Å². The second kappa shape index (κ2) is 7.86. The number of isothiocyanates is 1. The summed E-state index contributed by atoms with van der Waals surface area (Å²) in [6, 6.07) is 0.294. The Labute approximate surface area is 73.9 Å². The fourth-order valence-corrected chi connectivity index (χ4v) is 0.978. The lowest BCUT2D eigenvalue weighted by atomic mass is 10.1. The second-order valence-electron chi connectivity index (χ2n) is 2.66. The van der Waals surface area contributed by atoms with Crippen molar-refractivity contribution in [3.63, 3.8) is 0 Å². The Morgan fingerprint density at radius 3 is 2.82 bits per heavy atom. The summed E-state index contributed by atoms with van der Waals surface area (Å²) in [7, 11) is 0. The van der Waals surface area contributed by atoms with Gasteiger partial charge in [0.1, 0.15) is 0 Å². The number of unbranched alkanes of at least 4 members (excludes halogenated alkanes) is 1. The van der Waals surface area contributed by atoms with Crippen molar-refractivity contribution in [3.05, 3.63) is 0 Å². The summed E-state index contributed by atoms with van der Waals surface area (Å²) < 4.78 is 0. The van der Waals surface area contributed by atoms with Gasteiger partial charge in [-0.1, -0.05) is 19.8 Å². The molecule has 2 nitrogen and oxygen atoms in total. The molecular formula is C8H16N2S. The number of thiocarbonyl (C=S) groups is 1. The van der Waals surface area contributed by atoms with Crippen LogP contribution >= 0.6 is 12.2 Å². The Hall–Kier alpha value is -0.240. The van der Waals surface area contributed by atoms with E-state index in [1.807, 2.05) is 0 Å². The van der Waals surface area contributed by atoms with E-state index in [0.29, 0.717) is 6.04 Å². The monoisotopic (exact) mass is 172 g/mol. The van der Waals surface area contributed by atoms with Crippen LogP contribution in [0.25, 0.3) is 0 Å². The van der Waals surface area contributed by atoms with Crippen molar-refractivity contribution in [3.8, 4) is 0 Å². The Morgan fingerprint density at radius 2 is 2.27 bits per heavy atom. The van der Waals surface area contributed by atoms with E-state index in [4.69, 9.17) is 5.73 Å². The van der Waals surface area contributed by atoms with Crippen molar-refractivity contribution in [2.24, 2.45) is 10.7 Å². The van der Waals surface area contributed by atoms with Crippen molar-refractivity contribution in [1.29, 1.82) is 0 Å². The van der Waals surface area contributed by atoms with Crippen LogP contribution in [0.5, 0.6) is 0 Å². The third-order valence-electron chi connectivity index (χ3n) is 1.60. The maximum absolute atomic E-state index is 5.78. The highest BCUT2D eigenvalue weighted by molar-refractivity contribution is 7.78. The van der Waals surface area contributed by atoms with Gasteiger partial charge < -0.3 is 5.73 Å². The first-order chi connectivity index (χ1) is 5.31. The summed E-state index contributed by atoms with van der Waals surface area (Å²) in [5, 5.41) is 2.33. The predicted molar refractivity (Wildman–Crippen MR) is 52.0 cm³/mol. The van der Waals surface area contributed by atoms with Crippen molar-refractivity contribution < 1.29 is 0 Å². The van der Waals surface area contributed by atoms with E-state index in [1.54, 1.807) is 0 Å². The summed E-state index contributed by atoms with van der Waals surface area (Å²) in [6.07, 6.45) is 4.46. The summed E-state index contributed by atoms with van der Waals surface area (Å²) in [5.74, 6) is 0. The van der Waals surface area contributed by atoms with Gasteiger partial charge in [-0.3, -0.25) is 0 Å². The number of nitrogens with zero attached hydrogens (tertiary/aromatic N) is 1. The number of hydrogen-bond donors (Lipinski definition) is 1. The van der Waals surface area contributed by atoms with Crippen LogP contribution in [0.15, 0.2) is 4.99 Å². The molecule has 0 aromatic rings. The molecule has 0 saturated heterocycles. The Kier molecular flexibility index (Phi) is 7.69. The standard InChI is InChI=1S/C8H16N2S/c1-2-3-4-8(9)5-6-10-7-11/h8H,2-6,9H2,1H3. The maximum Gasteiger partial charge on any atom is 0.0584 e. The lowest BCUT2D eigenvalue weighted by molar-refractivity contribution is 0.548. The van der Waals surface area contributed by atoms with E-state index in [-0.39, 0.29) is 0 Å². The first kappa shape index (κ1) is 10.8. The third kappa shape index (κ3) is 7.66. The SMILES string of the molecule is CCCCC(N)CCN=C=S. The van der Waals surface area contributed by atoms with Gasteiger partial charge >= 0.3 is 0 Å². The summed E-state index contributed by atoms with van der Waals surface area (Å²) in [6.45, 7) is 2.90. The van der Waals surface area contributed by atoms with E-state index >= 15 is 0 Å². The van der Waals surface area contributed by atoms with Gasteiger partial charge in [0.15, 0.2) is 0 Å². The highest BCUT2D eigenvalue weighted by Crippen LogP contribution is 2.01. The molecule has 11 heavy (non-hydrogen) atoms. The lowest BCUT2D eigenvalue weighted by Crippen LogP contribution is -2.20. The minimum absolute atomic E-state index is 0.294. The first-order valence-electron chi connectivity index (χ1n) is 4.10. The zero-order valence-electron chi connectivity index (χ0n) is 7.05. The summed E-state index contributed by atoms with van der Waals surface area (Å²) in [5.41, 5.74) is 5.78. The molecule has 0 aromatic heterocycles. The summed E-state index contributed by atoms with van der Waals surface area (Å²) >= 11 is 4.43. The average Bonchev–Trinajstić information content (AvgIpc) is 2.01. The molecule has 64 valence electrons. The highest BCUT2D eigenvalue weighted by Gasteiger charge is 1.99. The van der Waals surface area contributed by atoms with Gasteiger partial charge in [0, 0.05) is 6.04 Å². The zero-order valence-corrected chi connectivity index (χ0v) is 7.86. The number of hydrogen-bond acceptors (Lipinski definition) is 3. The van der Waals surface area contributed by atoms with Crippen molar-refractivity contribution in [2.75, 3.05) is 6.54 Å². The van der Waals surface area contributed by atoms with E-state index in [2.05, 4.69) is 29.3 Å². The van der Waals surface area contributed by atoms with Crippen LogP contribution in [0.3, 0.4) is 0 Å². The van der Waals surface area contributed by atoms with Crippen LogP contribution in [0.1, 0.15) is 32.6 Å². The largest absolute Gasteiger partial charge is 0.328 e. The third-order valence-corrected chi connectivity index (χ3v) is 1.73. The van der Waals surface area contributed by atoms with Crippen LogP contribution in [0, 0.1) is 0 Å². The highest BCUT2D eigenvalue weighted by atomic mass is 32.1. The van der Waals surface area contributed by atoms with Crippen LogP contribution in [-0.2, 0) is 0 Å². The fraction of sp³-hybridized carbons (Fsp3) is 0.875.